The maximum Gasteiger partial charge on any atom is 0.333 e. The number of carboxylic acid groups (broad SMARTS) is 1. The van der Waals surface area contributed by atoms with Crippen molar-refractivity contribution in [3.05, 3.63) is 72.4 Å². The van der Waals surface area contributed by atoms with Crippen LogP contribution in [0.15, 0.2) is 66.8 Å². The quantitative estimate of drug-likeness (QED) is 0.557. The number of esters is 2. The van der Waals surface area contributed by atoms with E-state index < -0.39 is 11.6 Å². The lowest BCUT2D eigenvalue weighted by atomic mass is 10.2. The Bertz CT molecular complexity index is 711. The lowest BCUT2D eigenvalue weighted by molar-refractivity contribution is -0.149. The van der Waals surface area contributed by atoms with Gasteiger partial charge in [0.25, 0.3) is 0 Å². The monoisotopic (exact) mass is 404 g/mol. The van der Waals surface area contributed by atoms with Gasteiger partial charge in [-0.1, -0.05) is 50.1 Å². The van der Waals surface area contributed by atoms with Crippen molar-refractivity contribution in [1.29, 1.82) is 0 Å². The Morgan fingerprint density at radius 3 is 1.55 bits per heavy atom. The van der Waals surface area contributed by atoms with Gasteiger partial charge in [-0.2, -0.15) is 0 Å². The van der Waals surface area contributed by atoms with E-state index in [9.17, 15) is 14.4 Å². The molecule has 160 valence electrons. The predicted molar refractivity (Wildman–Crippen MR) is 114 cm³/mol. The number of benzene rings is 1. The Kier molecular flexibility index (Phi) is 13.5. The number of hydrogen-bond acceptors (Lipinski definition) is 5. The maximum absolute atomic E-state index is 11.0. The van der Waals surface area contributed by atoms with Gasteiger partial charge in [-0.15, -0.1) is 0 Å². The molecule has 0 radical (unpaired) electrons. The minimum atomic E-state index is -0.935. The zero-order valence-corrected chi connectivity index (χ0v) is 18.2. The third-order valence-corrected chi connectivity index (χ3v) is 2.67. The van der Waals surface area contributed by atoms with E-state index in [1.54, 1.807) is 13.8 Å². The van der Waals surface area contributed by atoms with Gasteiger partial charge in [0.2, 0.25) is 0 Å². The molecule has 0 heterocycles. The first-order valence-corrected chi connectivity index (χ1v) is 8.81. The molecule has 0 aromatic heterocycles. The van der Waals surface area contributed by atoms with Gasteiger partial charge in [0.15, 0.2) is 0 Å². The molecule has 0 amide bonds. The lowest BCUT2D eigenvalue weighted by Gasteiger charge is -2.19. The van der Waals surface area contributed by atoms with Crippen molar-refractivity contribution in [2.75, 3.05) is 0 Å². The summed E-state index contributed by atoms with van der Waals surface area (Å²) < 4.78 is 9.91. The molecule has 0 atom stereocenters. The first kappa shape index (κ1) is 28.1. The summed E-state index contributed by atoms with van der Waals surface area (Å²) in [7, 11) is 0. The minimum absolute atomic E-state index is 0.176. The molecular weight excluding hydrogens is 372 g/mol. The Hall–Kier alpha value is -3.15. The highest BCUT2D eigenvalue weighted by Crippen LogP contribution is 2.09. The number of aliphatic carboxylic acids is 1. The van der Waals surface area contributed by atoms with E-state index in [0.29, 0.717) is 17.8 Å². The largest absolute Gasteiger partial charge is 0.478 e. The Morgan fingerprint density at radius 2 is 1.28 bits per heavy atom. The van der Waals surface area contributed by atoms with Gasteiger partial charge < -0.3 is 14.6 Å². The molecule has 1 rings (SSSR count). The average molecular weight is 405 g/mol. The molecule has 1 N–H and O–H groups in total. The fourth-order valence-corrected chi connectivity index (χ4v) is 1.21. The predicted octanol–water partition coefficient (Wildman–Crippen LogP) is 4.86. The Labute approximate surface area is 173 Å². The highest BCUT2D eigenvalue weighted by Gasteiger charge is 2.15. The van der Waals surface area contributed by atoms with Crippen molar-refractivity contribution in [3.8, 4) is 0 Å². The molecular formula is C23H32O6. The second-order valence-corrected chi connectivity index (χ2v) is 7.21. The first-order chi connectivity index (χ1) is 13.2. The summed E-state index contributed by atoms with van der Waals surface area (Å²) in [4.78, 5) is 31.4. The van der Waals surface area contributed by atoms with Crippen LogP contribution in [0.5, 0.6) is 0 Å². The molecule has 29 heavy (non-hydrogen) atoms. The average Bonchev–Trinajstić information content (AvgIpc) is 2.60. The van der Waals surface area contributed by atoms with Crippen molar-refractivity contribution in [2.45, 2.75) is 53.8 Å². The van der Waals surface area contributed by atoms with Gasteiger partial charge in [0, 0.05) is 16.7 Å². The molecule has 1 aromatic rings. The lowest BCUT2D eigenvalue weighted by Crippen LogP contribution is -2.23. The van der Waals surface area contributed by atoms with E-state index in [1.165, 1.54) is 6.92 Å². The van der Waals surface area contributed by atoms with Gasteiger partial charge in [0.1, 0.15) is 12.2 Å². The van der Waals surface area contributed by atoms with E-state index in [-0.39, 0.29) is 17.5 Å². The molecule has 0 aliphatic heterocycles. The molecule has 6 heteroatoms. The van der Waals surface area contributed by atoms with Crippen LogP contribution in [-0.2, 0) is 30.5 Å². The van der Waals surface area contributed by atoms with E-state index in [4.69, 9.17) is 14.6 Å². The van der Waals surface area contributed by atoms with Crippen LogP contribution in [0.1, 0.15) is 47.1 Å². The van der Waals surface area contributed by atoms with Crippen LogP contribution in [0.3, 0.4) is 0 Å². The Balaban J connectivity index is 0. The molecule has 0 saturated carbocycles. The van der Waals surface area contributed by atoms with Gasteiger partial charge >= 0.3 is 17.9 Å². The normalized spacial score (nSPS) is 9.45. The third-order valence-electron chi connectivity index (χ3n) is 2.67. The number of carboxylic acids is 1. The molecule has 0 fully saturated rings. The zero-order chi connectivity index (χ0) is 23.2. The minimum Gasteiger partial charge on any atom is -0.478 e. The van der Waals surface area contributed by atoms with Crippen molar-refractivity contribution < 1.29 is 29.0 Å². The van der Waals surface area contributed by atoms with Crippen LogP contribution in [0.2, 0.25) is 0 Å². The highest BCUT2D eigenvalue weighted by atomic mass is 16.6. The summed E-state index contributed by atoms with van der Waals surface area (Å²) in [6, 6.07) is 9.55. The smallest absolute Gasteiger partial charge is 0.333 e. The van der Waals surface area contributed by atoms with E-state index >= 15 is 0 Å². The summed E-state index contributed by atoms with van der Waals surface area (Å²) in [5.41, 5.74) is 1.62. The number of carbonyl (C=O) groups excluding carboxylic acids is 2. The van der Waals surface area contributed by atoms with Crippen molar-refractivity contribution in [3.63, 3.8) is 0 Å². The van der Waals surface area contributed by atoms with Crippen LogP contribution in [-0.4, -0.2) is 28.6 Å². The Morgan fingerprint density at radius 1 is 0.862 bits per heavy atom. The zero-order valence-electron chi connectivity index (χ0n) is 18.2. The third kappa shape index (κ3) is 18.0. The highest BCUT2D eigenvalue weighted by molar-refractivity contribution is 5.87. The molecule has 6 nitrogen and oxygen atoms in total. The number of ether oxygens (including phenoxy) is 2. The van der Waals surface area contributed by atoms with Crippen LogP contribution < -0.4 is 0 Å². The standard InChI is InChI=1S/C11H12O2.C8H14O2.C4H6O2/c1-9(2)11(12)13-8-10-6-4-3-5-7-10;1-6(2)7(9)10-8(3,4)5;1-3(2)4(5)6/h3-7H,1,8H2,2H3;1H2,2-5H3;1H2,2H3,(H,5,6). The molecule has 0 spiro atoms. The van der Waals surface area contributed by atoms with Crippen molar-refractivity contribution >= 4 is 17.9 Å². The summed E-state index contributed by atoms with van der Waals surface area (Å²) in [5, 5.41) is 7.89. The van der Waals surface area contributed by atoms with Crippen LogP contribution >= 0.6 is 0 Å². The SMILES string of the molecule is C=C(C)C(=O)O.C=C(C)C(=O)OC(C)(C)C.C=C(C)C(=O)OCc1ccccc1. The van der Waals surface area contributed by atoms with Gasteiger partial charge in [-0.05, 0) is 47.1 Å². The number of rotatable bonds is 5. The van der Waals surface area contributed by atoms with Crippen molar-refractivity contribution in [2.24, 2.45) is 0 Å². The maximum atomic E-state index is 11.0. The molecule has 0 bridgehead atoms. The molecule has 0 saturated heterocycles. The summed E-state index contributed by atoms with van der Waals surface area (Å²) >= 11 is 0. The molecule has 0 aliphatic rings. The summed E-state index contributed by atoms with van der Waals surface area (Å²) in [5.74, 6) is -1.61. The van der Waals surface area contributed by atoms with E-state index in [1.807, 2.05) is 51.1 Å². The number of hydrogen-bond donors (Lipinski definition) is 1. The molecule has 1 aromatic carbocycles. The van der Waals surface area contributed by atoms with Crippen molar-refractivity contribution in [1.82, 2.24) is 0 Å². The second-order valence-electron chi connectivity index (χ2n) is 7.21. The number of carbonyl (C=O) groups is 3. The van der Waals surface area contributed by atoms with Crippen LogP contribution in [0.25, 0.3) is 0 Å². The van der Waals surface area contributed by atoms with Gasteiger partial charge in [-0.3, -0.25) is 0 Å². The topological polar surface area (TPSA) is 89.9 Å². The van der Waals surface area contributed by atoms with Gasteiger partial charge in [-0.25, -0.2) is 14.4 Å². The summed E-state index contributed by atoms with van der Waals surface area (Å²) in [6.45, 7) is 20.6. The van der Waals surface area contributed by atoms with E-state index in [0.717, 1.165) is 5.56 Å². The molecule has 0 aliphatic carbocycles. The fraction of sp³-hybridized carbons (Fsp3) is 0.348. The van der Waals surface area contributed by atoms with E-state index in [2.05, 4.69) is 19.7 Å². The van der Waals surface area contributed by atoms with Crippen LogP contribution in [0.4, 0.5) is 0 Å². The fourth-order valence-electron chi connectivity index (χ4n) is 1.21. The first-order valence-electron chi connectivity index (χ1n) is 8.81. The molecule has 0 unspecified atom stereocenters. The summed E-state index contributed by atoms with van der Waals surface area (Å²) in [6.07, 6.45) is 0. The van der Waals surface area contributed by atoms with Crippen LogP contribution in [0, 0.1) is 0 Å². The van der Waals surface area contributed by atoms with Gasteiger partial charge in [0.05, 0.1) is 0 Å². The second kappa shape index (κ2) is 13.9.